The lowest BCUT2D eigenvalue weighted by atomic mass is 10.1. The number of aldehydes is 1. The second-order valence-electron chi connectivity index (χ2n) is 4.13. The molecule has 0 fully saturated rings. The minimum absolute atomic E-state index is 0.316. The topological polar surface area (TPSA) is 52.6 Å². The van der Waals surface area contributed by atoms with E-state index in [-0.39, 0.29) is 5.78 Å². The highest BCUT2D eigenvalue weighted by molar-refractivity contribution is 6.24. The van der Waals surface area contributed by atoms with Crippen LogP contribution in [0.4, 0.5) is 0 Å². The lowest BCUT2D eigenvalue weighted by molar-refractivity contribution is -0.129. The highest BCUT2D eigenvalue weighted by Gasteiger charge is 1.98. The Morgan fingerprint density at radius 1 is 1.15 bits per heavy atom. The molecule has 0 aliphatic heterocycles. The Balaban J connectivity index is 0.000000796. The molecule has 1 aromatic carbocycles. The third kappa shape index (κ3) is 11.4. The van der Waals surface area contributed by atoms with Crippen molar-refractivity contribution < 1.29 is 19.1 Å². The van der Waals surface area contributed by atoms with Crippen LogP contribution in [0.15, 0.2) is 30.3 Å². The number of carbonyl (C=O) groups excluding carboxylic acids is 2. The number of para-hydroxylation sites is 1. The van der Waals surface area contributed by atoms with Gasteiger partial charge in [-0.05, 0) is 38.3 Å². The van der Waals surface area contributed by atoms with Gasteiger partial charge in [-0.3, -0.25) is 9.59 Å². The Bertz CT molecular complexity index is 347. The molecule has 4 heteroatoms. The van der Waals surface area contributed by atoms with Crippen molar-refractivity contribution >= 4 is 12.1 Å². The second kappa shape index (κ2) is 13.7. The van der Waals surface area contributed by atoms with Crippen LogP contribution in [-0.4, -0.2) is 32.4 Å². The van der Waals surface area contributed by atoms with Gasteiger partial charge in [0.25, 0.3) is 0 Å². The lowest BCUT2D eigenvalue weighted by Crippen LogP contribution is -2.00. The first-order valence-corrected chi connectivity index (χ1v) is 6.89. The Hall–Kier alpha value is -1.68. The van der Waals surface area contributed by atoms with Crippen LogP contribution in [0.1, 0.15) is 32.6 Å². The largest absolute Gasteiger partial charge is 0.494 e. The van der Waals surface area contributed by atoms with Gasteiger partial charge >= 0.3 is 0 Å². The van der Waals surface area contributed by atoms with Gasteiger partial charge in [-0.1, -0.05) is 18.2 Å². The molecular formula is C16H24O4. The first kappa shape index (κ1) is 18.3. The molecule has 0 aliphatic carbocycles. The first-order chi connectivity index (χ1) is 9.74. The molecule has 20 heavy (non-hydrogen) atoms. The van der Waals surface area contributed by atoms with Crippen molar-refractivity contribution in [2.45, 2.75) is 32.6 Å². The molecule has 1 aromatic rings. The van der Waals surface area contributed by atoms with Crippen LogP contribution < -0.4 is 4.74 Å². The number of ether oxygens (including phenoxy) is 2. The molecule has 0 saturated carbocycles. The van der Waals surface area contributed by atoms with Gasteiger partial charge in [-0.2, -0.15) is 0 Å². The maximum absolute atomic E-state index is 10.7. The van der Waals surface area contributed by atoms with Crippen molar-refractivity contribution in [3.63, 3.8) is 0 Å². The van der Waals surface area contributed by atoms with Crippen molar-refractivity contribution in [1.82, 2.24) is 0 Å². The van der Waals surface area contributed by atoms with Gasteiger partial charge in [-0.25, -0.2) is 0 Å². The summed E-state index contributed by atoms with van der Waals surface area (Å²) in [4.78, 5) is 20.7. The number of Topliss-reactive ketones (excluding diaryl/α,β-unsaturated/α-hetero) is 1. The highest BCUT2D eigenvalue weighted by Crippen LogP contribution is 2.09. The summed E-state index contributed by atoms with van der Waals surface area (Å²) in [6, 6.07) is 9.62. The van der Waals surface area contributed by atoms with E-state index >= 15 is 0 Å². The number of carbonyl (C=O) groups is 2. The van der Waals surface area contributed by atoms with E-state index in [1.807, 2.05) is 37.3 Å². The van der Waals surface area contributed by atoms with E-state index < -0.39 is 0 Å². The molecule has 0 radical (unpaired) electrons. The van der Waals surface area contributed by atoms with E-state index in [4.69, 9.17) is 4.74 Å². The van der Waals surface area contributed by atoms with Crippen LogP contribution in [0.2, 0.25) is 0 Å². The minimum atomic E-state index is -0.316. The zero-order valence-electron chi connectivity index (χ0n) is 12.3. The van der Waals surface area contributed by atoms with Crippen molar-refractivity contribution in [3.8, 4) is 5.75 Å². The average molecular weight is 280 g/mol. The zero-order valence-corrected chi connectivity index (χ0v) is 12.3. The van der Waals surface area contributed by atoms with E-state index in [2.05, 4.69) is 4.74 Å². The van der Waals surface area contributed by atoms with Crippen LogP contribution in [-0.2, 0) is 14.3 Å². The summed E-state index contributed by atoms with van der Waals surface area (Å²) in [5, 5.41) is 0. The fourth-order valence-electron chi connectivity index (χ4n) is 1.34. The maximum atomic E-state index is 10.7. The molecule has 0 heterocycles. The minimum Gasteiger partial charge on any atom is -0.494 e. The van der Waals surface area contributed by atoms with E-state index in [1.54, 1.807) is 7.11 Å². The predicted octanol–water partition coefficient (Wildman–Crippen LogP) is 3.05. The third-order valence-electron chi connectivity index (χ3n) is 2.50. The molecule has 0 bridgehead atoms. The lowest BCUT2D eigenvalue weighted by Gasteiger charge is -2.04. The summed E-state index contributed by atoms with van der Waals surface area (Å²) in [6.07, 6.45) is 3.32. The summed E-state index contributed by atoms with van der Waals surface area (Å²) in [7, 11) is 1.68. The molecule has 0 N–H and O–H groups in total. The Labute approximate surface area is 121 Å². The van der Waals surface area contributed by atoms with Crippen molar-refractivity contribution in [3.05, 3.63) is 30.3 Å². The number of benzene rings is 1. The number of hydrogen-bond donors (Lipinski definition) is 0. The van der Waals surface area contributed by atoms with Crippen LogP contribution in [0, 0.1) is 0 Å². The monoisotopic (exact) mass is 280 g/mol. The van der Waals surface area contributed by atoms with Crippen molar-refractivity contribution in [1.29, 1.82) is 0 Å². The number of methoxy groups -OCH3 is 1. The predicted molar refractivity (Wildman–Crippen MR) is 79.0 cm³/mol. The van der Waals surface area contributed by atoms with Gasteiger partial charge in [0.05, 0.1) is 6.61 Å². The molecule has 0 saturated heterocycles. The number of unbranched alkanes of at least 4 members (excludes halogenated alkanes) is 2. The number of hydrogen-bond acceptors (Lipinski definition) is 4. The van der Waals surface area contributed by atoms with E-state index in [0.29, 0.717) is 19.3 Å². The van der Waals surface area contributed by atoms with Crippen molar-refractivity contribution in [2.24, 2.45) is 0 Å². The Morgan fingerprint density at radius 2 is 1.80 bits per heavy atom. The van der Waals surface area contributed by atoms with E-state index in [1.165, 1.54) is 0 Å². The van der Waals surface area contributed by atoms with E-state index in [0.717, 1.165) is 31.6 Å². The van der Waals surface area contributed by atoms with Crippen LogP contribution >= 0.6 is 0 Å². The summed E-state index contributed by atoms with van der Waals surface area (Å²) in [5.41, 5.74) is 0. The van der Waals surface area contributed by atoms with Gasteiger partial charge in [0.2, 0.25) is 0 Å². The molecule has 4 nitrogen and oxygen atoms in total. The Morgan fingerprint density at radius 3 is 2.35 bits per heavy atom. The van der Waals surface area contributed by atoms with Crippen LogP contribution in [0.5, 0.6) is 5.75 Å². The fourth-order valence-corrected chi connectivity index (χ4v) is 1.34. The molecule has 0 unspecified atom stereocenters. The van der Waals surface area contributed by atoms with Gasteiger partial charge in [0.1, 0.15) is 5.75 Å². The maximum Gasteiger partial charge on any atom is 0.195 e. The van der Waals surface area contributed by atoms with E-state index in [9.17, 15) is 9.59 Å². The summed E-state index contributed by atoms with van der Waals surface area (Å²) < 4.78 is 10.0. The van der Waals surface area contributed by atoms with Gasteiger partial charge < -0.3 is 9.47 Å². The molecule has 0 spiro atoms. The molecular weight excluding hydrogens is 256 g/mol. The van der Waals surface area contributed by atoms with Crippen LogP contribution in [0.3, 0.4) is 0 Å². The molecule has 0 aliphatic rings. The molecule has 0 amide bonds. The van der Waals surface area contributed by atoms with Crippen molar-refractivity contribution in [2.75, 3.05) is 20.3 Å². The Kier molecular flexibility index (Phi) is 12.6. The fraction of sp³-hybridized carbons (Fsp3) is 0.500. The standard InChI is InChI=1S/C13H16O3.C3H8O/c14-11-12(15)7-3-2-6-10-16-13-8-4-1-5-9-13;1-3-4-2/h1,4-5,8-9,11H,2-3,6-7,10H2;3H2,1-2H3. The first-order valence-electron chi connectivity index (χ1n) is 6.89. The third-order valence-corrected chi connectivity index (χ3v) is 2.50. The van der Waals surface area contributed by atoms with Gasteiger partial charge in [0.15, 0.2) is 12.1 Å². The molecule has 0 aromatic heterocycles. The molecule has 0 atom stereocenters. The van der Waals surface area contributed by atoms with Crippen LogP contribution in [0.25, 0.3) is 0 Å². The summed E-state index contributed by atoms with van der Waals surface area (Å²) in [5.74, 6) is 0.551. The average Bonchev–Trinajstić information content (AvgIpc) is 2.51. The quantitative estimate of drug-likeness (QED) is 0.396. The smallest absolute Gasteiger partial charge is 0.195 e. The number of rotatable bonds is 9. The second-order valence-corrected chi connectivity index (χ2v) is 4.13. The summed E-state index contributed by atoms with van der Waals surface area (Å²) >= 11 is 0. The van der Waals surface area contributed by atoms with Gasteiger partial charge in [-0.15, -0.1) is 0 Å². The normalized spacial score (nSPS) is 9.30. The summed E-state index contributed by atoms with van der Waals surface area (Å²) in [6.45, 7) is 3.43. The zero-order chi connectivity index (χ0) is 15.1. The molecule has 112 valence electrons. The number of ketones is 1. The molecule has 1 rings (SSSR count). The highest BCUT2D eigenvalue weighted by atomic mass is 16.5. The van der Waals surface area contributed by atoms with Gasteiger partial charge in [0, 0.05) is 20.1 Å². The SMILES string of the molecule is CCOC.O=CC(=O)CCCCCOc1ccccc1.